The summed E-state index contributed by atoms with van der Waals surface area (Å²) in [5.74, 6) is -0.734. The average molecular weight is 496 g/mol. The van der Waals surface area contributed by atoms with Crippen molar-refractivity contribution in [3.63, 3.8) is 0 Å². The number of hydrogen-bond donors (Lipinski definition) is 2. The fourth-order valence-corrected chi connectivity index (χ4v) is 4.88. The Kier molecular flexibility index (Phi) is 7.04. The molecule has 0 aliphatic rings. The lowest BCUT2D eigenvalue weighted by atomic mass is 10.2. The van der Waals surface area contributed by atoms with Crippen molar-refractivity contribution in [3.05, 3.63) is 77.1 Å². The number of aryl methyl sites for hydroxylation is 1. The Balaban J connectivity index is 0.00000289. The van der Waals surface area contributed by atoms with Crippen molar-refractivity contribution in [1.82, 2.24) is 19.3 Å². The van der Waals surface area contributed by atoms with E-state index >= 15 is 0 Å². The van der Waals surface area contributed by atoms with Crippen molar-refractivity contribution in [3.8, 4) is 0 Å². The first-order chi connectivity index (χ1) is 14.8. The number of hydrogen-bond acceptors (Lipinski definition) is 6. The Morgan fingerprint density at radius 3 is 2.62 bits per heavy atom. The molecule has 0 saturated carbocycles. The van der Waals surface area contributed by atoms with E-state index in [2.05, 4.69) is 20.6 Å². The zero-order valence-electron chi connectivity index (χ0n) is 17.1. The number of benzene rings is 1. The van der Waals surface area contributed by atoms with Crippen LogP contribution in [0.2, 0.25) is 5.02 Å². The summed E-state index contributed by atoms with van der Waals surface area (Å²) in [7, 11) is -2.34. The summed E-state index contributed by atoms with van der Waals surface area (Å²) in [5, 5.41) is 6.71. The van der Waals surface area contributed by atoms with Crippen molar-refractivity contribution in [2.75, 3.05) is 12.4 Å². The highest BCUT2D eigenvalue weighted by atomic mass is 35.5. The summed E-state index contributed by atoms with van der Waals surface area (Å²) in [5.41, 5.74) is 3.79. The lowest BCUT2D eigenvalue weighted by Crippen LogP contribution is -2.13. The number of halogens is 3. The molecule has 0 saturated heterocycles. The van der Waals surface area contributed by atoms with E-state index in [0.717, 1.165) is 28.0 Å². The number of pyridine rings is 2. The Hall–Kier alpha value is -2.72. The van der Waals surface area contributed by atoms with Gasteiger partial charge in [0.1, 0.15) is 10.7 Å². The van der Waals surface area contributed by atoms with Crippen LogP contribution in [0.25, 0.3) is 11.0 Å². The number of rotatable bonds is 6. The van der Waals surface area contributed by atoms with Gasteiger partial charge < -0.3 is 10.6 Å². The summed E-state index contributed by atoms with van der Waals surface area (Å²) >= 11 is 6.31. The van der Waals surface area contributed by atoms with E-state index < -0.39 is 15.8 Å². The van der Waals surface area contributed by atoms with Gasteiger partial charge in [-0.2, -0.15) is 0 Å². The predicted molar refractivity (Wildman–Crippen MR) is 126 cm³/mol. The van der Waals surface area contributed by atoms with Gasteiger partial charge in [0.15, 0.2) is 0 Å². The zero-order chi connectivity index (χ0) is 22.2. The van der Waals surface area contributed by atoms with Crippen molar-refractivity contribution < 1.29 is 12.8 Å². The van der Waals surface area contributed by atoms with Crippen LogP contribution in [0.3, 0.4) is 0 Å². The Morgan fingerprint density at radius 1 is 1.16 bits per heavy atom. The minimum atomic E-state index is -4.10. The molecule has 2 N–H and O–H groups in total. The lowest BCUT2D eigenvalue weighted by Gasteiger charge is -2.11. The van der Waals surface area contributed by atoms with Crippen molar-refractivity contribution >= 4 is 56.4 Å². The van der Waals surface area contributed by atoms with Crippen LogP contribution in [-0.4, -0.2) is 29.4 Å². The molecule has 11 heteroatoms. The number of fused-ring (bicyclic) bond motifs is 1. The molecule has 0 fully saturated rings. The van der Waals surface area contributed by atoms with Crippen molar-refractivity contribution in [2.45, 2.75) is 18.4 Å². The Labute approximate surface area is 196 Å². The highest BCUT2D eigenvalue weighted by Gasteiger charge is 2.23. The summed E-state index contributed by atoms with van der Waals surface area (Å²) in [6, 6.07) is 8.18. The average Bonchev–Trinajstić information content (AvgIpc) is 3.09. The van der Waals surface area contributed by atoms with Gasteiger partial charge in [0.2, 0.25) is 0 Å². The molecule has 0 spiro atoms. The number of aromatic nitrogens is 3. The zero-order valence-corrected chi connectivity index (χ0v) is 19.5. The van der Waals surface area contributed by atoms with Gasteiger partial charge in [-0.05, 0) is 43.8 Å². The first-order valence-electron chi connectivity index (χ1n) is 9.33. The summed E-state index contributed by atoms with van der Waals surface area (Å²) < 4.78 is 41.2. The maximum Gasteiger partial charge on any atom is 0.269 e. The fourth-order valence-electron chi connectivity index (χ4n) is 3.25. The van der Waals surface area contributed by atoms with Crippen LogP contribution in [0.5, 0.6) is 0 Å². The second-order valence-corrected chi connectivity index (χ2v) is 9.25. The second-order valence-electron chi connectivity index (χ2n) is 7.02. The molecular formula is C21H20Cl2FN5O2S. The van der Waals surface area contributed by atoms with Crippen molar-refractivity contribution in [1.29, 1.82) is 0 Å². The number of nitrogens with zero attached hydrogens (tertiary/aromatic N) is 3. The molecule has 0 aliphatic carbocycles. The van der Waals surface area contributed by atoms with Crippen LogP contribution in [0.4, 0.5) is 15.8 Å². The van der Waals surface area contributed by atoms with E-state index in [-0.39, 0.29) is 17.3 Å². The molecule has 4 rings (SSSR count). The third kappa shape index (κ3) is 4.56. The topological polar surface area (TPSA) is 88.9 Å². The molecule has 0 bridgehead atoms. The smallest absolute Gasteiger partial charge is 0.269 e. The minimum Gasteiger partial charge on any atom is -0.353 e. The molecule has 32 heavy (non-hydrogen) atoms. The van der Waals surface area contributed by atoms with Gasteiger partial charge >= 0.3 is 0 Å². The molecule has 0 radical (unpaired) electrons. The lowest BCUT2D eigenvalue weighted by molar-refractivity contribution is 0.582. The van der Waals surface area contributed by atoms with Gasteiger partial charge in [-0.15, -0.1) is 12.4 Å². The SMILES string of the molecule is CNCc1cn(S(=O)(=O)c2cncc(F)c2)c2cc(Nc3ccc(C)cc3Cl)cnc12.Cl. The van der Waals surface area contributed by atoms with E-state index in [0.29, 0.717) is 39.5 Å². The van der Waals surface area contributed by atoms with E-state index in [1.165, 1.54) is 6.20 Å². The molecule has 3 heterocycles. The molecule has 0 atom stereocenters. The molecule has 0 amide bonds. The maximum atomic E-state index is 13.6. The highest BCUT2D eigenvalue weighted by Crippen LogP contribution is 2.30. The Morgan fingerprint density at radius 2 is 1.94 bits per heavy atom. The van der Waals surface area contributed by atoms with E-state index in [4.69, 9.17) is 11.6 Å². The Bertz CT molecular complexity index is 1390. The van der Waals surface area contributed by atoms with Gasteiger partial charge in [-0.25, -0.2) is 16.8 Å². The van der Waals surface area contributed by atoms with Crippen LogP contribution >= 0.6 is 24.0 Å². The van der Waals surface area contributed by atoms with Crippen LogP contribution in [0.1, 0.15) is 11.1 Å². The summed E-state index contributed by atoms with van der Waals surface area (Å²) in [6.45, 7) is 2.34. The van der Waals surface area contributed by atoms with Gasteiger partial charge in [0, 0.05) is 24.5 Å². The molecule has 3 aromatic heterocycles. The van der Waals surface area contributed by atoms with E-state index in [1.807, 2.05) is 25.1 Å². The first kappa shape index (κ1) is 23.9. The molecule has 4 aromatic rings. The van der Waals surface area contributed by atoms with E-state index in [9.17, 15) is 12.8 Å². The van der Waals surface area contributed by atoms with Gasteiger partial charge in [0.05, 0.1) is 39.8 Å². The summed E-state index contributed by atoms with van der Waals surface area (Å²) in [4.78, 5) is 7.89. The molecule has 7 nitrogen and oxygen atoms in total. The van der Waals surface area contributed by atoms with Crippen molar-refractivity contribution in [2.24, 2.45) is 0 Å². The maximum absolute atomic E-state index is 13.6. The van der Waals surface area contributed by atoms with Gasteiger partial charge in [-0.1, -0.05) is 17.7 Å². The number of nitrogens with one attached hydrogen (secondary N) is 2. The quantitative estimate of drug-likeness (QED) is 0.404. The minimum absolute atomic E-state index is 0. The first-order valence-corrected chi connectivity index (χ1v) is 11.2. The third-order valence-electron chi connectivity index (χ3n) is 4.69. The number of anilines is 2. The molecular weight excluding hydrogens is 476 g/mol. The molecule has 0 unspecified atom stereocenters. The molecule has 1 aromatic carbocycles. The second kappa shape index (κ2) is 9.41. The molecule has 168 valence electrons. The fraction of sp³-hybridized carbons (Fsp3) is 0.143. The highest BCUT2D eigenvalue weighted by molar-refractivity contribution is 7.90. The van der Waals surface area contributed by atoms with Crippen LogP contribution in [0, 0.1) is 12.7 Å². The predicted octanol–water partition coefficient (Wildman–Crippen LogP) is 4.65. The normalized spacial score (nSPS) is 11.4. The van der Waals surface area contributed by atoms with Gasteiger partial charge in [-0.3, -0.25) is 9.97 Å². The largest absolute Gasteiger partial charge is 0.353 e. The standard InChI is InChI=1S/C21H19ClFN5O2S.ClH/c1-13-3-4-19(18(22)5-13)27-16-7-20-21(26-10-16)14(8-24-2)12-28(20)31(29,30)17-6-15(23)9-25-11-17;/h3-7,9-12,24,27H,8H2,1-2H3;1H. The van der Waals surface area contributed by atoms with Crippen LogP contribution < -0.4 is 10.6 Å². The van der Waals surface area contributed by atoms with Crippen LogP contribution in [0.15, 0.2) is 60.0 Å². The van der Waals surface area contributed by atoms with Gasteiger partial charge in [0.25, 0.3) is 10.0 Å². The monoisotopic (exact) mass is 495 g/mol. The molecule has 0 aliphatic heterocycles. The van der Waals surface area contributed by atoms with Crippen LogP contribution in [-0.2, 0) is 16.6 Å². The summed E-state index contributed by atoms with van der Waals surface area (Å²) in [6.07, 6.45) is 5.16. The third-order valence-corrected chi connectivity index (χ3v) is 6.64. The van der Waals surface area contributed by atoms with E-state index in [1.54, 1.807) is 19.3 Å².